The minimum absolute atomic E-state index is 0.0887. The van der Waals surface area contributed by atoms with Crippen LogP contribution in [-0.4, -0.2) is 30.6 Å². The predicted octanol–water partition coefficient (Wildman–Crippen LogP) is 5.85. The van der Waals surface area contributed by atoms with Crippen molar-refractivity contribution in [3.05, 3.63) is 59.4 Å². The van der Waals surface area contributed by atoms with Crippen LogP contribution >= 0.6 is 0 Å². The Bertz CT molecular complexity index is 629. The van der Waals surface area contributed by atoms with Gasteiger partial charge < -0.3 is 4.74 Å². The van der Waals surface area contributed by atoms with Gasteiger partial charge in [-0.15, -0.1) is 0 Å². The summed E-state index contributed by atoms with van der Waals surface area (Å²) in [6, 6.07) is 11.6. The fourth-order valence-electron chi connectivity index (χ4n) is 4.41. The molecule has 1 unspecified atom stereocenters. The molecule has 1 aliphatic heterocycles. The van der Waals surface area contributed by atoms with E-state index in [0.717, 1.165) is 37.8 Å². The number of hydrogen-bond acceptors (Lipinski definition) is 2. The Morgan fingerprint density at radius 2 is 1.88 bits per heavy atom. The van der Waals surface area contributed by atoms with Crippen molar-refractivity contribution in [2.45, 2.75) is 70.8 Å². The van der Waals surface area contributed by atoms with E-state index in [1.807, 2.05) is 0 Å². The van der Waals surface area contributed by atoms with Crippen molar-refractivity contribution >= 4 is 0 Å². The zero-order valence-electron chi connectivity index (χ0n) is 16.8. The Morgan fingerprint density at radius 3 is 2.58 bits per heavy atom. The second-order valence-corrected chi connectivity index (χ2v) is 8.26. The highest BCUT2D eigenvalue weighted by atomic mass is 16.5. The van der Waals surface area contributed by atoms with E-state index >= 15 is 0 Å². The molecule has 1 heterocycles. The van der Waals surface area contributed by atoms with Gasteiger partial charge in [0.25, 0.3) is 0 Å². The molecule has 3 rings (SSSR count). The molecule has 1 atom stereocenters. The van der Waals surface area contributed by atoms with E-state index in [4.69, 9.17) is 4.74 Å². The Balaban J connectivity index is 1.53. The molecule has 0 radical (unpaired) electrons. The lowest BCUT2D eigenvalue weighted by Gasteiger charge is -2.35. The van der Waals surface area contributed by atoms with Gasteiger partial charge >= 0.3 is 0 Å². The Hall–Kier alpha value is -1.54. The lowest BCUT2D eigenvalue weighted by Crippen LogP contribution is -2.41. The largest absolute Gasteiger partial charge is 0.497 e. The summed E-state index contributed by atoms with van der Waals surface area (Å²) in [5, 5.41) is 0. The molecule has 26 heavy (non-hydrogen) atoms. The maximum Gasteiger partial charge on any atom is 0.100 e. The summed E-state index contributed by atoms with van der Waals surface area (Å²) < 4.78 is 6.12. The zero-order chi connectivity index (χ0) is 18.4. The summed E-state index contributed by atoms with van der Waals surface area (Å²) in [6.07, 6.45) is 12.0. The van der Waals surface area contributed by atoms with Crippen LogP contribution in [0, 0.1) is 0 Å². The molecule has 142 valence electrons. The minimum Gasteiger partial charge on any atom is -0.497 e. The molecule has 0 saturated carbocycles. The number of ether oxygens (including phenoxy) is 1. The molecule has 0 N–H and O–H groups in total. The maximum atomic E-state index is 6.12. The van der Waals surface area contributed by atoms with Gasteiger partial charge in [0.05, 0.1) is 5.76 Å². The summed E-state index contributed by atoms with van der Waals surface area (Å²) in [5.74, 6) is 1.16. The first-order valence-corrected chi connectivity index (χ1v) is 10.4. The quantitative estimate of drug-likeness (QED) is 0.610. The lowest BCUT2D eigenvalue weighted by molar-refractivity contribution is 0.0963. The monoisotopic (exact) mass is 353 g/mol. The molecule has 0 amide bonds. The number of rotatable bonds is 7. The second kappa shape index (κ2) is 8.90. The fraction of sp³-hybridized carbons (Fsp3) is 0.583. The van der Waals surface area contributed by atoms with Gasteiger partial charge in [-0.25, -0.2) is 0 Å². The number of piperidine rings is 1. The average Bonchev–Trinajstić information content (AvgIpc) is 2.69. The van der Waals surface area contributed by atoms with Crippen molar-refractivity contribution in [1.82, 2.24) is 4.90 Å². The highest BCUT2D eigenvalue weighted by Crippen LogP contribution is 2.36. The number of likely N-dealkylation sites (tertiary alicyclic amines) is 1. The van der Waals surface area contributed by atoms with Gasteiger partial charge in [0.15, 0.2) is 0 Å². The van der Waals surface area contributed by atoms with E-state index in [1.165, 1.54) is 43.4 Å². The van der Waals surface area contributed by atoms with Gasteiger partial charge in [-0.1, -0.05) is 69.2 Å². The lowest BCUT2D eigenvalue weighted by atomic mass is 9.74. The Morgan fingerprint density at radius 1 is 1.08 bits per heavy atom. The summed E-state index contributed by atoms with van der Waals surface area (Å²) in [7, 11) is 0. The van der Waals surface area contributed by atoms with Gasteiger partial charge in [-0.3, -0.25) is 4.90 Å². The average molecular weight is 354 g/mol. The van der Waals surface area contributed by atoms with Gasteiger partial charge in [0.1, 0.15) is 6.61 Å². The van der Waals surface area contributed by atoms with Crippen molar-refractivity contribution in [1.29, 1.82) is 0 Å². The summed E-state index contributed by atoms with van der Waals surface area (Å²) >= 11 is 0. The fourth-order valence-corrected chi connectivity index (χ4v) is 4.41. The smallest absolute Gasteiger partial charge is 0.100 e. The first-order valence-electron chi connectivity index (χ1n) is 10.4. The Labute approximate surface area is 159 Å². The number of allylic oxidation sites excluding steroid dienone is 4. The summed E-state index contributed by atoms with van der Waals surface area (Å²) in [4.78, 5) is 2.63. The van der Waals surface area contributed by atoms with Crippen LogP contribution in [0.15, 0.2) is 53.8 Å². The van der Waals surface area contributed by atoms with Crippen LogP contribution in [0.3, 0.4) is 0 Å². The highest BCUT2D eigenvalue weighted by Gasteiger charge is 2.26. The third-order valence-corrected chi connectivity index (χ3v) is 6.30. The van der Waals surface area contributed by atoms with Crippen LogP contribution in [0.1, 0.15) is 64.9 Å². The SMILES string of the molecule is CCC1CCCCN1CCOC1=CC=C(C(C)(C)c2ccccc2)CC1. The third-order valence-electron chi connectivity index (χ3n) is 6.30. The molecule has 0 bridgehead atoms. The molecule has 1 aromatic rings. The van der Waals surface area contributed by atoms with Crippen molar-refractivity contribution in [2.24, 2.45) is 0 Å². The van der Waals surface area contributed by atoms with Crippen LogP contribution in [0.25, 0.3) is 0 Å². The van der Waals surface area contributed by atoms with E-state index in [1.54, 1.807) is 0 Å². The molecule has 1 fully saturated rings. The number of benzene rings is 1. The molecule has 2 aliphatic rings. The van der Waals surface area contributed by atoms with Crippen LogP contribution in [0.5, 0.6) is 0 Å². The minimum atomic E-state index is 0.0887. The van der Waals surface area contributed by atoms with Crippen LogP contribution < -0.4 is 0 Å². The zero-order valence-corrected chi connectivity index (χ0v) is 16.8. The van der Waals surface area contributed by atoms with E-state index in [2.05, 4.69) is 68.2 Å². The van der Waals surface area contributed by atoms with Crippen molar-refractivity contribution in [3.63, 3.8) is 0 Å². The Kier molecular flexibility index (Phi) is 6.58. The first kappa shape index (κ1) is 19.2. The standard InChI is InChI=1S/C24H35NO/c1-4-22-12-8-9-17-25(22)18-19-26-23-15-13-21(14-16-23)24(2,3)20-10-6-5-7-11-20/h5-7,10-11,13,15,22H,4,8-9,12,14,16-19H2,1-3H3. The van der Waals surface area contributed by atoms with Gasteiger partial charge in [0, 0.05) is 24.4 Å². The van der Waals surface area contributed by atoms with Crippen LogP contribution in [0.4, 0.5) is 0 Å². The highest BCUT2D eigenvalue weighted by molar-refractivity contribution is 5.38. The molecule has 1 aromatic carbocycles. The predicted molar refractivity (Wildman–Crippen MR) is 110 cm³/mol. The first-order chi connectivity index (χ1) is 12.6. The normalized spacial score (nSPS) is 21.9. The van der Waals surface area contributed by atoms with Crippen molar-refractivity contribution in [2.75, 3.05) is 19.7 Å². The molecule has 0 aromatic heterocycles. The van der Waals surface area contributed by atoms with E-state index in [-0.39, 0.29) is 5.41 Å². The van der Waals surface area contributed by atoms with Crippen LogP contribution in [0.2, 0.25) is 0 Å². The molecule has 0 spiro atoms. The van der Waals surface area contributed by atoms with Crippen LogP contribution in [-0.2, 0) is 10.2 Å². The van der Waals surface area contributed by atoms with Crippen molar-refractivity contribution < 1.29 is 4.74 Å². The summed E-state index contributed by atoms with van der Waals surface area (Å²) in [5.41, 5.74) is 2.98. The third kappa shape index (κ3) is 4.59. The van der Waals surface area contributed by atoms with E-state index in [9.17, 15) is 0 Å². The molecule has 2 nitrogen and oxygen atoms in total. The van der Waals surface area contributed by atoms with Gasteiger partial charge in [0.2, 0.25) is 0 Å². The molecular weight excluding hydrogens is 318 g/mol. The molecular formula is C24H35NO. The van der Waals surface area contributed by atoms with Crippen molar-refractivity contribution in [3.8, 4) is 0 Å². The van der Waals surface area contributed by atoms with E-state index < -0.39 is 0 Å². The van der Waals surface area contributed by atoms with E-state index in [0.29, 0.717) is 0 Å². The topological polar surface area (TPSA) is 12.5 Å². The summed E-state index contributed by atoms with van der Waals surface area (Å²) in [6.45, 7) is 10.1. The van der Waals surface area contributed by atoms with Gasteiger partial charge in [-0.05, 0) is 43.9 Å². The second-order valence-electron chi connectivity index (χ2n) is 8.26. The molecule has 2 heteroatoms. The maximum absolute atomic E-state index is 6.12. The number of hydrogen-bond donors (Lipinski definition) is 0. The van der Waals surface area contributed by atoms with Gasteiger partial charge in [-0.2, -0.15) is 0 Å². The molecule has 1 aliphatic carbocycles. The number of nitrogens with zero attached hydrogens (tertiary/aromatic N) is 1. The molecule has 1 saturated heterocycles.